The number of carbonyl (C=O) groups excluding carboxylic acids is 1. The Morgan fingerprint density at radius 2 is 1.68 bits per heavy atom. The van der Waals surface area contributed by atoms with E-state index in [9.17, 15) is 4.79 Å². The molecule has 1 heterocycles. The number of piperazine rings is 1. The highest BCUT2D eigenvalue weighted by Crippen LogP contribution is 2.21. The van der Waals surface area contributed by atoms with Gasteiger partial charge in [0, 0.05) is 31.9 Å². The van der Waals surface area contributed by atoms with E-state index < -0.39 is 0 Å². The van der Waals surface area contributed by atoms with E-state index in [0.717, 1.165) is 13.1 Å². The number of nitrogens with zero attached hydrogens (tertiary/aromatic N) is 3. The lowest BCUT2D eigenvalue weighted by molar-refractivity contribution is 0.208. The van der Waals surface area contributed by atoms with Crippen LogP contribution in [0.15, 0.2) is 42.5 Å². The standard InChI is InChI=1S/C20H22N4O/c1-15-11-16(2)13-18(12-15)23-7-9-24(10-8-23)20(25)22-19-6-4-3-5-17(19)14-21/h3-6,11-13H,7-10H2,1-2H3,(H,22,25). The number of rotatable bonds is 2. The first-order chi connectivity index (χ1) is 12.1. The van der Waals surface area contributed by atoms with E-state index >= 15 is 0 Å². The number of benzene rings is 2. The highest BCUT2D eigenvalue weighted by atomic mass is 16.2. The molecule has 5 heteroatoms. The summed E-state index contributed by atoms with van der Waals surface area (Å²) < 4.78 is 0. The van der Waals surface area contributed by atoms with E-state index in [1.807, 2.05) is 6.07 Å². The van der Waals surface area contributed by atoms with Gasteiger partial charge in [-0.3, -0.25) is 0 Å². The summed E-state index contributed by atoms with van der Waals surface area (Å²) in [4.78, 5) is 16.6. The van der Waals surface area contributed by atoms with Crippen LogP contribution >= 0.6 is 0 Å². The van der Waals surface area contributed by atoms with Crippen molar-refractivity contribution < 1.29 is 4.79 Å². The van der Waals surface area contributed by atoms with Crippen LogP contribution in [0.2, 0.25) is 0 Å². The van der Waals surface area contributed by atoms with Gasteiger partial charge in [-0.15, -0.1) is 0 Å². The summed E-state index contributed by atoms with van der Waals surface area (Å²) in [6.45, 7) is 7.13. The number of hydrogen-bond acceptors (Lipinski definition) is 3. The summed E-state index contributed by atoms with van der Waals surface area (Å²) in [6.07, 6.45) is 0. The molecule has 0 spiro atoms. The summed E-state index contributed by atoms with van der Waals surface area (Å²) in [5, 5.41) is 12.0. The number of amides is 2. The van der Waals surface area contributed by atoms with E-state index in [1.165, 1.54) is 16.8 Å². The maximum atomic E-state index is 12.5. The lowest BCUT2D eigenvalue weighted by Crippen LogP contribution is -2.50. The molecule has 0 radical (unpaired) electrons. The van der Waals surface area contributed by atoms with E-state index in [4.69, 9.17) is 5.26 Å². The molecular formula is C20H22N4O. The molecule has 1 saturated heterocycles. The topological polar surface area (TPSA) is 59.4 Å². The molecule has 2 aromatic rings. The third-order valence-corrected chi connectivity index (χ3v) is 4.43. The van der Waals surface area contributed by atoms with Gasteiger partial charge < -0.3 is 15.1 Å². The maximum Gasteiger partial charge on any atom is 0.322 e. The van der Waals surface area contributed by atoms with Gasteiger partial charge in [0.25, 0.3) is 0 Å². The van der Waals surface area contributed by atoms with Gasteiger partial charge in [0.2, 0.25) is 0 Å². The molecule has 1 aliphatic rings. The average molecular weight is 334 g/mol. The molecule has 0 atom stereocenters. The number of para-hydroxylation sites is 1. The molecule has 0 aromatic heterocycles. The number of aryl methyl sites for hydroxylation is 2. The van der Waals surface area contributed by atoms with Gasteiger partial charge in [-0.05, 0) is 49.2 Å². The molecule has 1 aliphatic heterocycles. The van der Waals surface area contributed by atoms with E-state index in [0.29, 0.717) is 24.3 Å². The number of carbonyl (C=O) groups is 1. The molecule has 2 amide bonds. The Morgan fingerprint density at radius 3 is 2.32 bits per heavy atom. The summed E-state index contributed by atoms with van der Waals surface area (Å²) >= 11 is 0. The summed E-state index contributed by atoms with van der Waals surface area (Å²) in [5.74, 6) is 0. The van der Waals surface area contributed by atoms with Crippen molar-refractivity contribution in [3.63, 3.8) is 0 Å². The minimum Gasteiger partial charge on any atom is -0.368 e. The second kappa shape index (κ2) is 7.27. The zero-order chi connectivity index (χ0) is 17.8. The van der Waals surface area contributed by atoms with Crippen LogP contribution in [0.1, 0.15) is 16.7 Å². The van der Waals surface area contributed by atoms with Gasteiger partial charge in [0.1, 0.15) is 6.07 Å². The molecule has 25 heavy (non-hydrogen) atoms. The first kappa shape index (κ1) is 16.8. The third-order valence-electron chi connectivity index (χ3n) is 4.43. The van der Waals surface area contributed by atoms with E-state index in [-0.39, 0.29) is 6.03 Å². The minimum atomic E-state index is -0.150. The van der Waals surface area contributed by atoms with Gasteiger partial charge >= 0.3 is 6.03 Å². The van der Waals surface area contributed by atoms with Crippen LogP contribution in [-0.4, -0.2) is 37.1 Å². The smallest absolute Gasteiger partial charge is 0.322 e. The largest absolute Gasteiger partial charge is 0.368 e. The Kier molecular flexibility index (Phi) is 4.90. The fourth-order valence-corrected chi connectivity index (χ4v) is 3.18. The zero-order valence-electron chi connectivity index (χ0n) is 14.6. The molecule has 1 N–H and O–H groups in total. The molecule has 0 unspecified atom stereocenters. The zero-order valence-corrected chi connectivity index (χ0v) is 14.6. The fraction of sp³-hybridized carbons (Fsp3) is 0.300. The number of hydrogen-bond donors (Lipinski definition) is 1. The summed E-state index contributed by atoms with van der Waals surface area (Å²) in [6, 6.07) is 15.5. The molecular weight excluding hydrogens is 312 g/mol. The Hall–Kier alpha value is -3.00. The second-order valence-electron chi connectivity index (χ2n) is 6.41. The van der Waals surface area contributed by atoms with Crippen LogP contribution < -0.4 is 10.2 Å². The normalized spacial score (nSPS) is 14.1. The first-order valence-electron chi connectivity index (χ1n) is 8.45. The van der Waals surface area contributed by atoms with Crippen molar-refractivity contribution >= 4 is 17.4 Å². The number of anilines is 2. The maximum absolute atomic E-state index is 12.5. The van der Waals surface area contributed by atoms with Crippen molar-refractivity contribution in [2.75, 3.05) is 36.4 Å². The van der Waals surface area contributed by atoms with Crippen LogP contribution in [-0.2, 0) is 0 Å². The molecule has 0 aliphatic carbocycles. The average Bonchev–Trinajstić information content (AvgIpc) is 2.61. The van der Waals surface area contributed by atoms with E-state index in [1.54, 1.807) is 23.1 Å². The summed E-state index contributed by atoms with van der Waals surface area (Å²) in [5.41, 5.74) is 4.76. The molecule has 3 rings (SSSR count). The van der Waals surface area contributed by atoms with Crippen LogP contribution in [0, 0.1) is 25.2 Å². The first-order valence-corrected chi connectivity index (χ1v) is 8.45. The minimum absolute atomic E-state index is 0.150. The molecule has 0 bridgehead atoms. The predicted octanol–water partition coefficient (Wildman–Crippen LogP) is 3.53. The second-order valence-corrected chi connectivity index (χ2v) is 6.41. The van der Waals surface area contributed by atoms with Crippen LogP contribution in [0.3, 0.4) is 0 Å². The van der Waals surface area contributed by atoms with Crippen molar-refractivity contribution in [1.29, 1.82) is 5.26 Å². The van der Waals surface area contributed by atoms with Crippen molar-refractivity contribution in [2.24, 2.45) is 0 Å². The van der Waals surface area contributed by atoms with Crippen molar-refractivity contribution in [2.45, 2.75) is 13.8 Å². The van der Waals surface area contributed by atoms with Gasteiger partial charge in [0.05, 0.1) is 11.3 Å². The molecule has 128 valence electrons. The SMILES string of the molecule is Cc1cc(C)cc(N2CCN(C(=O)Nc3ccccc3C#N)CC2)c1. The molecule has 0 saturated carbocycles. The lowest BCUT2D eigenvalue weighted by Gasteiger charge is -2.36. The van der Waals surface area contributed by atoms with Crippen LogP contribution in [0.25, 0.3) is 0 Å². The predicted molar refractivity (Wildman–Crippen MR) is 99.9 cm³/mol. The Labute approximate surface area is 148 Å². The molecule has 2 aromatic carbocycles. The van der Waals surface area contributed by atoms with Gasteiger partial charge in [-0.25, -0.2) is 4.79 Å². The summed E-state index contributed by atoms with van der Waals surface area (Å²) in [7, 11) is 0. The van der Waals surface area contributed by atoms with Crippen LogP contribution in [0.4, 0.5) is 16.2 Å². The van der Waals surface area contributed by atoms with Crippen molar-refractivity contribution in [3.05, 3.63) is 59.2 Å². The number of nitriles is 1. The highest BCUT2D eigenvalue weighted by Gasteiger charge is 2.22. The van der Waals surface area contributed by atoms with E-state index in [2.05, 4.69) is 48.3 Å². The molecule has 1 fully saturated rings. The highest BCUT2D eigenvalue weighted by molar-refractivity contribution is 5.91. The number of urea groups is 1. The Bertz CT molecular complexity index is 796. The molecule has 5 nitrogen and oxygen atoms in total. The monoisotopic (exact) mass is 334 g/mol. The lowest BCUT2D eigenvalue weighted by atomic mass is 10.1. The third kappa shape index (κ3) is 3.92. The van der Waals surface area contributed by atoms with Crippen molar-refractivity contribution in [3.8, 4) is 6.07 Å². The van der Waals surface area contributed by atoms with Gasteiger partial charge in [-0.2, -0.15) is 5.26 Å². The van der Waals surface area contributed by atoms with Crippen molar-refractivity contribution in [1.82, 2.24) is 4.90 Å². The Morgan fingerprint density at radius 1 is 1.04 bits per heavy atom. The number of nitrogens with one attached hydrogen (secondary N) is 1. The van der Waals surface area contributed by atoms with Gasteiger partial charge in [0.15, 0.2) is 0 Å². The fourth-order valence-electron chi connectivity index (χ4n) is 3.18. The van der Waals surface area contributed by atoms with Gasteiger partial charge in [-0.1, -0.05) is 18.2 Å². The van der Waals surface area contributed by atoms with Crippen LogP contribution in [0.5, 0.6) is 0 Å². The quantitative estimate of drug-likeness (QED) is 0.914. The Balaban J connectivity index is 1.62.